The molecule has 1 aromatic carbocycles. The minimum absolute atomic E-state index is 0.224. The van der Waals surface area contributed by atoms with E-state index in [0.29, 0.717) is 25.4 Å². The Balaban J connectivity index is 1.83. The lowest BCUT2D eigenvalue weighted by Crippen LogP contribution is -2.53. The summed E-state index contributed by atoms with van der Waals surface area (Å²) < 4.78 is 6.10. The molecule has 2 amide bonds. The monoisotopic (exact) mass is 288 g/mol. The molecule has 0 spiro atoms. The second-order valence-corrected chi connectivity index (χ2v) is 5.74. The van der Waals surface area contributed by atoms with E-state index < -0.39 is 5.60 Å². The van der Waals surface area contributed by atoms with Gasteiger partial charge in [0.15, 0.2) is 5.60 Å². The molecule has 2 saturated heterocycles. The van der Waals surface area contributed by atoms with Gasteiger partial charge in [-0.05, 0) is 30.9 Å². The van der Waals surface area contributed by atoms with Crippen molar-refractivity contribution in [3.05, 3.63) is 35.9 Å². The van der Waals surface area contributed by atoms with Crippen molar-refractivity contribution in [2.45, 2.75) is 24.9 Å². The van der Waals surface area contributed by atoms with Crippen LogP contribution < -0.4 is 10.6 Å². The minimum Gasteiger partial charge on any atom is -0.360 e. The zero-order valence-corrected chi connectivity index (χ0v) is 11.9. The summed E-state index contributed by atoms with van der Waals surface area (Å²) in [7, 11) is 0. The lowest BCUT2D eigenvalue weighted by Gasteiger charge is -2.36. The van der Waals surface area contributed by atoms with Gasteiger partial charge in [-0.25, -0.2) is 0 Å². The van der Waals surface area contributed by atoms with Gasteiger partial charge in [0.1, 0.15) is 0 Å². The van der Waals surface area contributed by atoms with E-state index in [4.69, 9.17) is 4.74 Å². The first-order valence-electron chi connectivity index (χ1n) is 7.45. The van der Waals surface area contributed by atoms with E-state index in [2.05, 4.69) is 10.6 Å². The quantitative estimate of drug-likeness (QED) is 0.809. The smallest absolute Gasteiger partial charge is 0.263 e. The van der Waals surface area contributed by atoms with Crippen molar-refractivity contribution < 1.29 is 14.3 Å². The Morgan fingerprint density at radius 1 is 1.24 bits per heavy atom. The van der Waals surface area contributed by atoms with Crippen molar-refractivity contribution in [2.75, 3.05) is 19.7 Å². The zero-order chi connectivity index (χ0) is 14.7. The lowest BCUT2D eigenvalue weighted by molar-refractivity contribution is -0.160. The van der Waals surface area contributed by atoms with E-state index in [1.165, 1.54) is 0 Å². The van der Waals surface area contributed by atoms with Crippen molar-refractivity contribution in [3.63, 3.8) is 0 Å². The molecule has 0 radical (unpaired) electrons. The first-order valence-corrected chi connectivity index (χ1v) is 7.45. The SMILES string of the molecule is O=C1CCC(OCC2CCNC2)(c2ccccc2)C(=O)N1. The second kappa shape index (κ2) is 5.95. The summed E-state index contributed by atoms with van der Waals surface area (Å²) in [5, 5.41) is 5.72. The first-order chi connectivity index (χ1) is 10.2. The van der Waals surface area contributed by atoms with Gasteiger partial charge in [0.05, 0.1) is 6.61 Å². The Morgan fingerprint density at radius 2 is 2.05 bits per heavy atom. The molecule has 5 nitrogen and oxygen atoms in total. The number of benzene rings is 1. The molecule has 0 bridgehead atoms. The highest BCUT2D eigenvalue weighted by molar-refractivity contribution is 6.02. The molecule has 21 heavy (non-hydrogen) atoms. The van der Waals surface area contributed by atoms with Crippen LogP contribution in [0.15, 0.2) is 30.3 Å². The predicted molar refractivity (Wildman–Crippen MR) is 77.4 cm³/mol. The normalized spacial score (nSPS) is 29.4. The summed E-state index contributed by atoms with van der Waals surface area (Å²) in [4.78, 5) is 23.9. The molecule has 2 aliphatic rings. The maximum atomic E-state index is 12.5. The fraction of sp³-hybridized carbons (Fsp3) is 0.500. The highest BCUT2D eigenvalue weighted by Gasteiger charge is 2.45. The molecule has 5 heteroatoms. The summed E-state index contributed by atoms with van der Waals surface area (Å²) in [6, 6.07) is 9.47. The van der Waals surface area contributed by atoms with Gasteiger partial charge in [-0.15, -0.1) is 0 Å². The first kappa shape index (κ1) is 14.2. The summed E-state index contributed by atoms with van der Waals surface area (Å²) in [5.74, 6) is -0.135. The average molecular weight is 288 g/mol. The van der Waals surface area contributed by atoms with Crippen LogP contribution >= 0.6 is 0 Å². The second-order valence-electron chi connectivity index (χ2n) is 5.74. The number of piperidine rings is 1. The Bertz CT molecular complexity index is 526. The number of rotatable bonds is 4. The van der Waals surface area contributed by atoms with Crippen LogP contribution in [0, 0.1) is 5.92 Å². The third-order valence-corrected chi connectivity index (χ3v) is 4.29. The maximum absolute atomic E-state index is 12.5. The number of carbonyl (C=O) groups excluding carboxylic acids is 2. The van der Waals surface area contributed by atoms with Crippen molar-refractivity contribution in [2.24, 2.45) is 5.92 Å². The van der Waals surface area contributed by atoms with E-state index in [9.17, 15) is 9.59 Å². The molecular weight excluding hydrogens is 268 g/mol. The van der Waals surface area contributed by atoms with Gasteiger partial charge in [-0.3, -0.25) is 14.9 Å². The number of carbonyl (C=O) groups is 2. The van der Waals surface area contributed by atoms with Crippen LogP contribution in [-0.4, -0.2) is 31.5 Å². The van der Waals surface area contributed by atoms with Gasteiger partial charge in [0.25, 0.3) is 5.91 Å². The number of amides is 2. The van der Waals surface area contributed by atoms with Gasteiger partial charge in [-0.1, -0.05) is 30.3 Å². The van der Waals surface area contributed by atoms with Crippen LogP contribution in [0.4, 0.5) is 0 Å². The van der Waals surface area contributed by atoms with Gasteiger partial charge >= 0.3 is 0 Å². The molecule has 1 aromatic rings. The largest absolute Gasteiger partial charge is 0.360 e. The van der Waals surface area contributed by atoms with Crippen molar-refractivity contribution >= 4 is 11.8 Å². The standard InChI is InChI=1S/C16H20N2O3/c19-14-6-8-16(15(20)18-14,13-4-2-1-3-5-13)21-11-12-7-9-17-10-12/h1-5,12,17H,6-11H2,(H,18,19,20). The lowest BCUT2D eigenvalue weighted by atomic mass is 9.85. The van der Waals surface area contributed by atoms with Gasteiger partial charge < -0.3 is 10.1 Å². The summed E-state index contributed by atoms with van der Waals surface area (Å²) in [6.45, 7) is 2.45. The fourth-order valence-electron chi connectivity index (χ4n) is 3.01. The molecule has 0 aliphatic carbocycles. The van der Waals surface area contributed by atoms with E-state index in [-0.39, 0.29) is 11.8 Å². The molecule has 0 aromatic heterocycles. The van der Waals surface area contributed by atoms with Crippen molar-refractivity contribution in [1.82, 2.24) is 10.6 Å². The molecule has 2 heterocycles. The maximum Gasteiger partial charge on any atom is 0.263 e. The third-order valence-electron chi connectivity index (χ3n) is 4.29. The molecule has 2 aliphatic heterocycles. The minimum atomic E-state index is -1.03. The van der Waals surface area contributed by atoms with Crippen LogP contribution in [0.3, 0.4) is 0 Å². The number of imide groups is 1. The summed E-state index contributed by atoms with van der Waals surface area (Å²) in [6.07, 6.45) is 1.77. The highest BCUT2D eigenvalue weighted by atomic mass is 16.5. The van der Waals surface area contributed by atoms with E-state index in [0.717, 1.165) is 25.1 Å². The van der Waals surface area contributed by atoms with E-state index in [1.54, 1.807) is 0 Å². The average Bonchev–Trinajstić information content (AvgIpc) is 3.01. The van der Waals surface area contributed by atoms with Gasteiger partial charge in [-0.2, -0.15) is 0 Å². The zero-order valence-electron chi connectivity index (χ0n) is 11.9. The number of hydrogen-bond acceptors (Lipinski definition) is 4. The van der Waals surface area contributed by atoms with Crippen LogP contribution in [0.1, 0.15) is 24.8 Å². The molecule has 2 unspecified atom stereocenters. The Kier molecular flexibility index (Phi) is 4.03. The van der Waals surface area contributed by atoms with Crippen molar-refractivity contribution in [3.8, 4) is 0 Å². The Hall–Kier alpha value is -1.72. The summed E-state index contributed by atoms with van der Waals surface area (Å²) >= 11 is 0. The topological polar surface area (TPSA) is 67.4 Å². The van der Waals surface area contributed by atoms with E-state index in [1.807, 2.05) is 30.3 Å². The molecule has 0 saturated carbocycles. The predicted octanol–water partition coefficient (Wildman–Crippen LogP) is 0.945. The Labute approximate surface area is 124 Å². The Morgan fingerprint density at radius 3 is 2.71 bits per heavy atom. The number of ether oxygens (including phenoxy) is 1. The number of nitrogens with one attached hydrogen (secondary N) is 2. The van der Waals surface area contributed by atoms with Crippen LogP contribution in [0.5, 0.6) is 0 Å². The van der Waals surface area contributed by atoms with Crippen molar-refractivity contribution in [1.29, 1.82) is 0 Å². The number of hydrogen-bond donors (Lipinski definition) is 2. The highest BCUT2D eigenvalue weighted by Crippen LogP contribution is 2.34. The molecule has 2 fully saturated rings. The molecular formula is C16H20N2O3. The van der Waals surface area contributed by atoms with Crippen LogP contribution in [0.25, 0.3) is 0 Å². The van der Waals surface area contributed by atoms with Gasteiger partial charge in [0.2, 0.25) is 5.91 Å². The molecule has 2 atom stereocenters. The summed E-state index contributed by atoms with van der Waals surface area (Å²) in [5.41, 5.74) is -0.210. The molecule has 3 rings (SSSR count). The third kappa shape index (κ3) is 2.84. The van der Waals surface area contributed by atoms with Crippen LogP contribution in [-0.2, 0) is 19.9 Å². The fourth-order valence-corrected chi connectivity index (χ4v) is 3.01. The van der Waals surface area contributed by atoms with Crippen LogP contribution in [0.2, 0.25) is 0 Å². The van der Waals surface area contributed by atoms with E-state index >= 15 is 0 Å². The van der Waals surface area contributed by atoms with Gasteiger partial charge in [0, 0.05) is 13.0 Å². The molecule has 112 valence electrons. The molecule has 2 N–H and O–H groups in total.